The summed E-state index contributed by atoms with van der Waals surface area (Å²) < 4.78 is 82.7. The molecule has 2 N–H and O–H groups in total. The molecule has 0 saturated carbocycles. The Hall–Kier alpha value is -2.86. The number of aromatic nitrogens is 1. The first-order chi connectivity index (χ1) is 15.7. The van der Waals surface area contributed by atoms with E-state index in [4.69, 9.17) is 27.9 Å². The van der Waals surface area contributed by atoms with Crippen LogP contribution in [0.2, 0.25) is 10.0 Å². The first kappa shape index (κ1) is 27.4. The van der Waals surface area contributed by atoms with E-state index in [0.717, 1.165) is 13.1 Å². The molecule has 2 amide bonds. The highest BCUT2D eigenvalue weighted by atomic mass is 35.5. The van der Waals surface area contributed by atoms with Crippen molar-refractivity contribution in [3.63, 3.8) is 0 Å². The van der Waals surface area contributed by atoms with Crippen LogP contribution in [0, 0.1) is 5.82 Å². The molecular formula is C20H18Cl2F6N4O2. The summed E-state index contributed by atoms with van der Waals surface area (Å²) in [6.07, 6.45) is -6.39. The predicted molar refractivity (Wildman–Crippen MR) is 114 cm³/mol. The molecule has 0 spiro atoms. The Kier molecular flexibility index (Phi) is 8.89. The smallest absolute Gasteiger partial charge is 0.432 e. The van der Waals surface area contributed by atoms with Crippen LogP contribution in [0.1, 0.15) is 18.7 Å². The molecule has 0 aliphatic carbocycles. The highest BCUT2D eigenvalue weighted by molar-refractivity contribution is 6.36. The summed E-state index contributed by atoms with van der Waals surface area (Å²) in [5.74, 6) is -1.06. The van der Waals surface area contributed by atoms with Crippen molar-refractivity contribution < 1.29 is 35.9 Å². The molecule has 6 nitrogen and oxygen atoms in total. The number of nitrogens with one attached hydrogen (secondary N) is 2. The molecule has 1 aromatic heterocycles. The molecule has 0 saturated heterocycles. The van der Waals surface area contributed by atoms with Crippen LogP contribution in [0.15, 0.2) is 36.7 Å². The number of allylic oxidation sites excluding steroid dienone is 1. The Morgan fingerprint density at radius 1 is 1.26 bits per heavy atom. The van der Waals surface area contributed by atoms with Crippen LogP contribution in [0.4, 0.5) is 31.1 Å². The maximum atomic E-state index is 14.8. The van der Waals surface area contributed by atoms with Gasteiger partial charge in [0, 0.05) is 29.4 Å². The van der Waals surface area contributed by atoms with Gasteiger partial charge in [-0.1, -0.05) is 29.8 Å². The third-order valence-corrected chi connectivity index (χ3v) is 4.74. The van der Waals surface area contributed by atoms with E-state index >= 15 is 0 Å². The van der Waals surface area contributed by atoms with Gasteiger partial charge in [-0.2, -0.15) is 13.2 Å². The number of hydrogen-bond acceptors (Lipinski definition) is 4. The van der Waals surface area contributed by atoms with Gasteiger partial charge in [-0.3, -0.25) is 10.4 Å². The van der Waals surface area contributed by atoms with E-state index in [9.17, 15) is 31.1 Å². The van der Waals surface area contributed by atoms with Crippen LogP contribution in [-0.4, -0.2) is 42.3 Å². The lowest BCUT2D eigenvalue weighted by atomic mass is 10.0. The average Bonchev–Trinajstić information content (AvgIpc) is 2.71. The second-order valence-electron chi connectivity index (χ2n) is 6.88. The Balaban J connectivity index is 2.24. The third kappa shape index (κ3) is 7.07. The van der Waals surface area contributed by atoms with Gasteiger partial charge < -0.3 is 10.1 Å². The Bertz CT molecular complexity index is 1070. The fourth-order valence-electron chi connectivity index (χ4n) is 2.65. The minimum atomic E-state index is -4.77. The lowest BCUT2D eigenvalue weighted by Crippen LogP contribution is -2.47. The molecule has 34 heavy (non-hydrogen) atoms. The van der Waals surface area contributed by atoms with Crippen LogP contribution in [0.25, 0.3) is 11.1 Å². The number of amides is 2. The molecule has 2 aromatic rings. The monoisotopic (exact) mass is 530 g/mol. The van der Waals surface area contributed by atoms with E-state index < -0.39 is 42.8 Å². The van der Waals surface area contributed by atoms with Gasteiger partial charge in [0.2, 0.25) is 0 Å². The minimum Gasteiger partial charge on any atom is -0.485 e. The zero-order valence-corrected chi connectivity index (χ0v) is 19.1. The fourth-order valence-corrected chi connectivity index (χ4v) is 3.20. The first-order valence-electron chi connectivity index (χ1n) is 9.33. The van der Waals surface area contributed by atoms with Gasteiger partial charge in [-0.15, -0.1) is 0 Å². The number of carbonyl (C=O) groups excluding carboxylic acids is 1. The molecule has 0 bridgehead atoms. The Morgan fingerprint density at radius 3 is 2.47 bits per heavy atom. The molecule has 0 aliphatic rings. The number of hydrogen-bond donors (Lipinski definition) is 2. The molecule has 0 aliphatic heterocycles. The van der Waals surface area contributed by atoms with Crippen LogP contribution in [-0.2, 0) is 0 Å². The van der Waals surface area contributed by atoms with Crippen molar-refractivity contribution in [2.75, 3.05) is 13.7 Å². The van der Waals surface area contributed by atoms with Gasteiger partial charge in [-0.05, 0) is 25.1 Å². The predicted octanol–water partition coefficient (Wildman–Crippen LogP) is 6.12. The zero-order valence-electron chi connectivity index (χ0n) is 17.6. The zero-order chi connectivity index (χ0) is 25.8. The normalized spacial score (nSPS) is 12.3. The molecule has 1 aromatic carbocycles. The van der Waals surface area contributed by atoms with Gasteiger partial charge in [0.05, 0.1) is 16.8 Å². The van der Waals surface area contributed by atoms with Crippen molar-refractivity contribution in [1.29, 1.82) is 0 Å². The standard InChI is InChI=1S/C20H18Cl2F6N4O2/c1-9(30-19(33)32(3)31-10(2)20(26,27)28)17-15(23)4-11(7-29-17)13-5-12(21)6-14(22)18(13)34-8-16(24)25/h4-7,9,16,31H,2,8H2,1,3H3,(H,30,33)/t9-/m1/s1. The number of carbonyl (C=O) groups is 1. The van der Waals surface area contributed by atoms with Gasteiger partial charge in [0.15, 0.2) is 0 Å². The summed E-state index contributed by atoms with van der Waals surface area (Å²) in [5.41, 5.74) is 0.319. The number of pyridine rings is 1. The number of urea groups is 1. The molecule has 1 heterocycles. The number of alkyl halides is 5. The number of rotatable bonds is 8. The summed E-state index contributed by atoms with van der Waals surface area (Å²) in [6.45, 7) is 3.17. The van der Waals surface area contributed by atoms with E-state index in [-0.39, 0.29) is 32.6 Å². The lowest BCUT2D eigenvalue weighted by Gasteiger charge is -2.24. The van der Waals surface area contributed by atoms with Crippen molar-refractivity contribution in [3.8, 4) is 16.9 Å². The molecule has 1 atom stereocenters. The molecule has 0 unspecified atom stereocenters. The van der Waals surface area contributed by atoms with Crippen LogP contribution < -0.4 is 15.5 Å². The van der Waals surface area contributed by atoms with Crippen molar-refractivity contribution in [1.82, 2.24) is 20.7 Å². The molecule has 0 fully saturated rings. The van der Waals surface area contributed by atoms with Crippen molar-refractivity contribution in [2.24, 2.45) is 0 Å². The van der Waals surface area contributed by atoms with Gasteiger partial charge in [0.25, 0.3) is 6.43 Å². The minimum absolute atomic E-state index is 0.0794. The Labute approximate surface area is 200 Å². The maximum absolute atomic E-state index is 14.8. The fraction of sp³-hybridized carbons (Fsp3) is 0.300. The highest BCUT2D eigenvalue weighted by Gasteiger charge is 2.33. The Morgan fingerprint density at radius 2 is 1.91 bits per heavy atom. The maximum Gasteiger partial charge on any atom is 0.432 e. The third-order valence-electron chi connectivity index (χ3n) is 4.24. The number of ether oxygens (including phenoxy) is 1. The van der Waals surface area contributed by atoms with E-state index in [2.05, 4.69) is 16.9 Å². The van der Waals surface area contributed by atoms with E-state index in [1.54, 1.807) is 5.43 Å². The van der Waals surface area contributed by atoms with Crippen molar-refractivity contribution in [2.45, 2.75) is 25.6 Å². The van der Waals surface area contributed by atoms with E-state index in [1.165, 1.54) is 25.3 Å². The quantitative estimate of drug-likeness (QED) is 0.318. The highest BCUT2D eigenvalue weighted by Crippen LogP contribution is 2.39. The second-order valence-corrected chi connectivity index (χ2v) is 7.72. The summed E-state index contributed by atoms with van der Waals surface area (Å²) in [7, 11) is 1.01. The first-order valence-corrected chi connectivity index (χ1v) is 10.1. The number of halogens is 8. The van der Waals surface area contributed by atoms with Gasteiger partial charge >= 0.3 is 12.2 Å². The topological polar surface area (TPSA) is 66.5 Å². The van der Waals surface area contributed by atoms with Crippen LogP contribution >= 0.6 is 23.2 Å². The van der Waals surface area contributed by atoms with Crippen LogP contribution in [0.5, 0.6) is 5.75 Å². The van der Waals surface area contributed by atoms with Crippen LogP contribution in [0.3, 0.4) is 0 Å². The number of nitrogens with zero attached hydrogens (tertiary/aromatic N) is 2. The molecule has 14 heteroatoms. The van der Waals surface area contributed by atoms with Crippen molar-refractivity contribution >= 4 is 29.2 Å². The lowest BCUT2D eigenvalue weighted by molar-refractivity contribution is -0.101. The van der Waals surface area contributed by atoms with E-state index in [1.807, 2.05) is 0 Å². The largest absolute Gasteiger partial charge is 0.485 e. The SMILES string of the molecule is C=C(NN(C)C(=O)N[C@H](C)c1ncc(-c2cc(Cl)cc(Cl)c2OCC(F)F)cc1F)C(F)(F)F. The molecule has 0 radical (unpaired) electrons. The number of benzene rings is 1. The van der Waals surface area contributed by atoms with E-state index in [0.29, 0.717) is 5.01 Å². The van der Waals surface area contributed by atoms with Gasteiger partial charge in [-0.25, -0.2) is 23.0 Å². The molecule has 2 rings (SSSR count). The molecular weight excluding hydrogens is 513 g/mol. The number of hydrazine groups is 1. The van der Waals surface area contributed by atoms with Gasteiger partial charge in [0.1, 0.15) is 23.9 Å². The average molecular weight is 531 g/mol. The van der Waals surface area contributed by atoms with Crippen molar-refractivity contribution in [3.05, 3.63) is 58.2 Å². The summed E-state index contributed by atoms with van der Waals surface area (Å²) >= 11 is 12.0. The summed E-state index contributed by atoms with van der Waals surface area (Å²) in [5, 5.41) is 2.81. The summed E-state index contributed by atoms with van der Waals surface area (Å²) in [6, 6.07) is 1.50. The summed E-state index contributed by atoms with van der Waals surface area (Å²) in [4.78, 5) is 16.1. The second kappa shape index (κ2) is 11.0. The molecule has 186 valence electrons.